The van der Waals surface area contributed by atoms with Crippen LogP contribution in [0, 0.1) is 0 Å². The molecule has 1 saturated heterocycles. The number of ether oxygens (including phenoxy) is 1. The molecule has 7 nitrogen and oxygen atoms in total. The second kappa shape index (κ2) is 7.56. The van der Waals surface area contributed by atoms with Crippen LogP contribution in [-0.2, 0) is 19.1 Å². The van der Waals surface area contributed by atoms with Gasteiger partial charge in [-0.05, 0) is 18.2 Å². The highest BCUT2D eigenvalue weighted by Crippen LogP contribution is 2.15. The summed E-state index contributed by atoms with van der Waals surface area (Å²) in [4.78, 5) is 36.5. The molecule has 0 radical (unpaired) electrons. The van der Waals surface area contributed by atoms with Crippen molar-refractivity contribution in [1.82, 2.24) is 4.90 Å². The molecule has 7 heteroatoms. The zero-order chi connectivity index (χ0) is 15.9. The quantitative estimate of drug-likeness (QED) is 0.807. The Labute approximate surface area is 128 Å². The molecule has 22 heavy (non-hydrogen) atoms. The maximum Gasteiger partial charge on any atom is 0.233 e. The monoisotopic (exact) mass is 305 g/mol. The van der Waals surface area contributed by atoms with Crippen molar-refractivity contribution in [2.45, 2.75) is 13.3 Å². The molecule has 1 aromatic carbocycles. The Morgan fingerprint density at radius 1 is 1.14 bits per heavy atom. The highest BCUT2D eigenvalue weighted by molar-refractivity contribution is 6.03. The largest absolute Gasteiger partial charge is 0.378 e. The number of hydrogen-bond donors (Lipinski definition) is 2. The van der Waals surface area contributed by atoms with Crippen molar-refractivity contribution < 1.29 is 19.1 Å². The van der Waals surface area contributed by atoms with Crippen LogP contribution in [0.1, 0.15) is 13.3 Å². The molecule has 0 aromatic heterocycles. The maximum absolute atomic E-state index is 12.0. The fraction of sp³-hybridized carbons (Fsp3) is 0.400. The van der Waals surface area contributed by atoms with Crippen molar-refractivity contribution in [3.63, 3.8) is 0 Å². The Bertz CT molecular complexity index is 568. The van der Waals surface area contributed by atoms with Crippen molar-refractivity contribution in [1.29, 1.82) is 0 Å². The number of rotatable bonds is 4. The number of hydrogen-bond acceptors (Lipinski definition) is 4. The number of nitrogens with one attached hydrogen (secondary N) is 2. The van der Waals surface area contributed by atoms with Gasteiger partial charge in [-0.1, -0.05) is 6.07 Å². The molecule has 0 spiro atoms. The van der Waals surface area contributed by atoms with Crippen LogP contribution in [-0.4, -0.2) is 48.9 Å². The minimum absolute atomic E-state index is 0.189. The van der Waals surface area contributed by atoms with Gasteiger partial charge in [-0.25, -0.2) is 0 Å². The molecule has 0 unspecified atom stereocenters. The summed E-state index contributed by atoms with van der Waals surface area (Å²) in [6, 6.07) is 6.77. The van der Waals surface area contributed by atoms with Crippen LogP contribution in [0.15, 0.2) is 24.3 Å². The normalized spacial score (nSPS) is 14.3. The second-order valence-corrected chi connectivity index (χ2v) is 4.98. The Hall–Kier alpha value is -2.41. The topological polar surface area (TPSA) is 87.7 Å². The third-order valence-electron chi connectivity index (χ3n) is 3.14. The lowest BCUT2D eigenvalue weighted by Gasteiger charge is -2.26. The standard InChI is InChI=1S/C15H19N3O4/c1-11(19)16-12-3-2-4-13(9-12)17-14(20)10-15(21)18-5-7-22-8-6-18/h2-4,9H,5-8,10H2,1H3,(H,16,19)(H,17,20). The molecule has 1 fully saturated rings. The van der Waals surface area contributed by atoms with E-state index >= 15 is 0 Å². The van der Waals surface area contributed by atoms with Gasteiger partial charge in [0.15, 0.2) is 0 Å². The lowest BCUT2D eigenvalue weighted by atomic mass is 10.2. The SMILES string of the molecule is CC(=O)Nc1cccc(NC(=O)CC(=O)N2CCOCC2)c1. The summed E-state index contributed by atoms with van der Waals surface area (Å²) >= 11 is 0. The Balaban J connectivity index is 1.88. The van der Waals surface area contributed by atoms with Crippen LogP contribution >= 0.6 is 0 Å². The summed E-state index contributed by atoms with van der Waals surface area (Å²) in [6.45, 7) is 3.46. The van der Waals surface area contributed by atoms with Crippen molar-refractivity contribution in [3.05, 3.63) is 24.3 Å². The number of amides is 3. The van der Waals surface area contributed by atoms with Crippen molar-refractivity contribution in [3.8, 4) is 0 Å². The van der Waals surface area contributed by atoms with Gasteiger partial charge in [0, 0.05) is 31.4 Å². The molecule has 1 aromatic rings. The Kier molecular flexibility index (Phi) is 5.48. The fourth-order valence-corrected chi connectivity index (χ4v) is 2.15. The van der Waals surface area contributed by atoms with Gasteiger partial charge in [0.2, 0.25) is 17.7 Å². The van der Waals surface area contributed by atoms with E-state index in [1.807, 2.05) is 0 Å². The molecular formula is C15H19N3O4. The van der Waals surface area contributed by atoms with E-state index in [4.69, 9.17) is 4.74 Å². The summed E-state index contributed by atoms with van der Waals surface area (Å²) < 4.78 is 5.17. The molecule has 2 N–H and O–H groups in total. The number of benzene rings is 1. The minimum atomic E-state index is -0.378. The zero-order valence-corrected chi connectivity index (χ0v) is 12.4. The molecular weight excluding hydrogens is 286 g/mol. The van der Waals surface area contributed by atoms with Crippen LogP contribution in [0.5, 0.6) is 0 Å². The number of carbonyl (C=O) groups is 3. The first kappa shape index (κ1) is 16.0. The number of nitrogens with zero attached hydrogens (tertiary/aromatic N) is 1. The third kappa shape index (κ3) is 4.85. The molecule has 3 amide bonds. The molecule has 1 aliphatic heterocycles. The summed E-state index contributed by atoms with van der Waals surface area (Å²) in [7, 11) is 0. The Morgan fingerprint density at radius 2 is 1.77 bits per heavy atom. The summed E-state index contributed by atoms with van der Waals surface area (Å²) in [6.07, 6.45) is -0.204. The van der Waals surface area contributed by atoms with Gasteiger partial charge in [0.1, 0.15) is 6.42 Å². The van der Waals surface area contributed by atoms with Gasteiger partial charge in [-0.2, -0.15) is 0 Å². The number of carbonyl (C=O) groups excluding carboxylic acids is 3. The highest BCUT2D eigenvalue weighted by Gasteiger charge is 2.19. The highest BCUT2D eigenvalue weighted by atomic mass is 16.5. The average Bonchev–Trinajstić information content (AvgIpc) is 2.47. The number of anilines is 2. The van der Waals surface area contributed by atoms with Crippen LogP contribution in [0.25, 0.3) is 0 Å². The first-order valence-electron chi connectivity index (χ1n) is 7.07. The molecule has 1 heterocycles. The average molecular weight is 305 g/mol. The van der Waals surface area contributed by atoms with E-state index in [0.717, 1.165) is 0 Å². The van der Waals surface area contributed by atoms with Gasteiger partial charge < -0.3 is 20.3 Å². The first-order chi connectivity index (χ1) is 10.5. The van der Waals surface area contributed by atoms with Crippen LogP contribution in [0.3, 0.4) is 0 Å². The van der Waals surface area contributed by atoms with Gasteiger partial charge in [-0.15, -0.1) is 0 Å². The predicted octanol–water partition coefficient (Wildman–Crippen LogP) is 0.832. The fourth-order valence-electron chi connectivity index (χ4n) is 2.15. The van der Waals surface area contributed by atoms with E-state index in [9.17, 15) is 14.4 Å². The molecule has 0 atom stereocenters. The summed E-state index contributed by atoms with van der Waals surface area (Å²) in [5.41, 5.74) is 1.12. The second-order valence-electron chi connectivity index (χ2n) is 4.98. The summed E-state index contributed by atoms with van der Waals surface area (Å²) in [5.74, 6) is -0.777. The smallest absolute Gasteiger partial charge is 0.233 e. The van der Waals surface area contributed by atoms with E-state index in [1.54, 1.807) is 29.2 Å². The van der Waals surface area contributed by atoms with Crippen LogP contribution in [0.2, 0.25) is 0 Å². The zero-order valence-electron chi connectivity index (χ0n) is 12.4. The van der Waals surface area contributed by atoms with Gasteiger partial charge in [-0.3, -0.25) is 14.4 Å². The van der Waals surface area contributed by atoms with Gasteiger partial charge in [0.05, 0.1) is 13.2 Å². The van der Waals surface area contributed by atoms with Crippen LogP contribution < -0.4 is 10.6 Å². The van der Waals surface area contributed by atoms with E-state index in [1.165, 1.54) is 6.92 Å². The number of morpholine rings is 1. The predicted molar refractivity (Wildman–Crippen MR) is 81.4 cm³/mol. The van der Waals surface area contributed by atoms with Crippen molar-refractivity contribution in [2.24, 2.45) is 0 Å². The van der Waals surface area contributed by atoms with E-state index < -0.39 is 0 Å². The summed E-state index contributed by atoms with van der Waals surface area (Å²) in [5, 5.41) is 5.29. The Morgan fingerprint density at radius 3 is 2.41 bits per heavy atom. The van der Waals surface area contributed by atoms with E-state index in [-0.39, 0.29) is 24.1 Å². The molecule has 118 valence electrons. The van der Waals surface area contributed by atoms with Crippen molar-refractivity contribution in [2.75, 3.05) is 36.9 Å². The van der Waals surface area contributed by atoms with Gasteiger partial charge >= 0.3 is 0 Å². The molecule has 0 saturated carbocycles. The lowest BCUT2D eigenvalue weighted by molar-refractivity contribution is -0.138. The third-order valence-corrected chi connectivity index (χ3v) is 3.14. The first-order valence-corrected chi connectivity index (χ1v) is 7.07. The van der Waals surface area contributed by atoms with E-state index in [0.29, 0.717) is 37.7 Å². The molecule has 1 aliphatic rings. The molecule has 0 bridgehead atoms. The maximum atomic E-state index is 12.0. The van der Waals surface area contributed by atoms with Gasteiger partial charge in [0.25, 0.3) is 0 Å². The molecule has 2 rings (SSSR count). The van der Waals surface area contributed by atoms with Crippen molar-refractivity contribution >= 4 is 29.1 Å². The lowest BCUT2D eigenvalue weighted by Crippen LogP contribution is -2.41. The molecule has 0 aliphatic carbocycles. The van der Waals surface area contributed by atoms with Crippen LogP contribution in [0.4, 0.5) is 11.4 Å². The minimum Gasteiger partial charge on any atom is -0.378 e. The van der Waals surface area contributed by atoms with E-state index in [2.05, 4.69) is 10.6 Å².